The van der Waals surface area contributed by atoms with Crippen molar-refractivity contribution in [2.75, 3.05) is 11.9 Å². The average molecular weight is 471 g/mol. The Bertz CT molecular complexity index is 1280. The van der Waals surface area contributed by atoms with E-state index < -0.39 is 6.09 Å². The maximum Gasteiger partial charge on any atom is 0.412 e. The second-order valence-corrected chi connectivity index (χ2v) is 7.91. The average Bonchev–Trinajstić information content (AvgIpc) is 3.24. The summed E-state index contributed by atoms with van der Waals surface area (Å²) in [5.74, 6) is 0.218. The van der Waals surface area contributed by atoms with Gasteiger partial charge < -0.3 is 14.0 Å². The van der Waals surface area contributed by atoms with Gasteiger partial charge in [-0.3, -0.25) is 10.1 Å². The van der Waals surface area contributed by atoms with Crippen LogP contribution in [0.3, 0.4) is 0 Å². The van der Waals surface area contributed by atoms with Crippen molar-refractivity contribution in [3.8, 4) is 22.5 Å². The number of hydrogen-bond donors (Lipinski definition) is 1. The Morgan fingerprint density at radius 2 is 1.46 bits per heavy atom. The molecular formula is C28H26N2O5. The molecule has 178 valence electrons. The number of carbonyl (C=O) groups excluding carboxylic acids is 2. The number of aromatic nitrogens is 1. The number of ether oxygens (including phenoxy) is 2. The van der Waals surface area contributed by atoms with Crippen LogP contribution in [-0.4, -0.2) is 23.8 Å². The molecule has 4 rings (SSSR count). The fourth-order valence-corrected chi connectivity index (χ4v) is 3.58. The fourth-order valence-electron chi connectivity index (χ4n) is 3.58. The highest BCUT2D eigenvalue weighted by molar-refractivity contribution is 5.91. The molecule has 0 radical (unpaired) electrons. The summed E-state index contributed by atoms with van der Waals surface area (Å²) < 4.78 is 15.8. The summed E-state index contributed by atoms with van der Waals surface area (Å²) in [4.78, 5) is 24.0. The van der Waals surface area contributed by atoms with Gasteiger partial charge in [0.1, 0.15) is 18.0 Å². The zero-order valence-corrected chi connectivity index (χ0v) is 19.6. The minimum atomic E-state index is -0.582. The number of carbonyl (C=O) groups is 2. The Morgan fingerprint density at radius 1 is 0.829 bits per heavy atom. The minimum absolute atomic E-state index is 0.166. The summed E-state index contributed by atoms with van der Waals surface area (Å²) in [6.07, 6.45) is -0.331. The van der Waals surface area contributed by atoms with Crippen LogP contribution >= 0.6 is 0 Å². The maximum absolute atomic E-state index is 12.4. The summed E-state index contributed by atoms with van der Waals surface area (Å²) >= 11 is 0. The SMILES string of the molecule is CCOC(=O)Cc1ccc(-c2ccc(-c3onc(C)c3NC(=O)OCc3ccccc3)cc2)cc1. The predicted molar refractivity (Wildman–Crippen MR) is 133 cm³/mol. The van der Waals surface area contributed by atoms with Crippen LogP contribution in [0.5, 0.6) is 0 Å². The molecule has 1 heterocycles. The number of esters is 1. The van der Waals surface area contributed by atoms with Gasteiger partial charge in [-0.1, -0.05) is 84.0 Å². The molecule has 7 nitrogen and oxygen atoms in total. The van der Waals surface area contributed by atoms with E-state index in [9.17, 15) is 9.59 Å². The molecule has 0 bridgehead atoms. The Kier molecular flexibility index (Phi) is 7.57. The summed E-state index contributed by atoms with van der Waals surface area (Å²) in [5, 5.41) is 6.76. The molecule has 35 heavy (non-hydrogen) atoms. The van der Waals surface area contributed by atoms with Gasteiger partial charge in [-0.2, -0.15) is 0 Å². The molecule has 1 N–H and O–H groups in total. The summed E-state index contributed by atoms with van der Waals surface area (Å²) in [6, 6.07) is 25.0. The first-order valence-electron chi connectivity index (χ1n) is 11.3. The number of anilines is 1. The summed E-state index contributed by atoms with van der Waals surface area (Å²) in [7, 11) is 0. The van der Waals surface area contributed by atoms with Gasteiger partial charge in [-0.05, 0) is 36.1 Å². The molecular weight excluding hydrogens is 444 g/mol. The summed E-state index contributed by atoms with van der Waals surface area (Å²) in [6.45, 7) is 4.09. The molecule has 0 saturated carbocycles. The molecule has 1 amide bonds. The first-order chi connectivity index (χ1) is 17.0. The highest BCUT2D eigenvalue weighted by Gasteiger charge is 2.18. The smallest absolute Gasteiger partial charge is 0.412 e. The zero-order chi connectivity index (χ0) is 24.6. The third-order valence-electron chi connectivity index (χ3n) is 5.39. The number of nitrogens with zero attached hydrogens (tertiary/aromatic N) is 1. The number of nitrogens with one attached hydrogen (secondary N) is 1. The lowest BCUT2D eigenvalue weighted by Gasteiger charge is -2.08. The van der Waals surface area contributed by atoms with Crippen LogP contribution in [0.1, 0.15) is 23.7 Å². The number of hydrogen-bond acceptors (Lipinski definition) is 6. The van der Waals surface area contributed by atoms with Gasteiger partial charge in [-0.25, -0.2) is 4.79 Å². The Morgan fingerprint density at radius 3 is 2.11 bits per heavy atom. The van der Waals surface area contributed by atoms with Gasteiger partial charge in [-0.15, -0.1) is 0 Å². The largest absolute Gasteiger partial charge is 0.466 e. The Labute approximate surface area is 203 Å². The van der Waals surface area contributed by atoms with Gasteiger partial charge in [0.05, 0.1) is 13.0 Å². The second-order valence-electron chi connectivity index (χ2n) is 7.91. The van der Waals surface area contributed by atoms with E-state index in [1.165, 1.54) is 0 Å². The highest BCUT2D eigenvalue weighted by Crippen LogP contribution is 2.32. The van der Waals surface area contributed by atoms with Crippen molar-refractivity contribution in [3.63, 3.8) is 0 Å². The molecule has 0 atom stereocenters. The van der Waals surface area contributed by atoms with Crippen molar-refractivity contribution >= 4 is 17.7 Å². The third-order valence-corrected chi connectivity index (χ3v) is 5.39. The van der Waals surface area contributed by atoms with E-state index in [1.54, 1.807) is 13.8 Å². The number of aryl methyl sites for hydroxylation is 1. The van der Waals surface area contributed by atoms with Gasteiger partial charge in [0.15, 0.2) is 5.76 Å². The lowest BCUT2D eigenvalue weighted by atomic mass is 10.0. The van der Waals surface area contributed by atoms with Crippen molar-refractivity contribution in [1.82, 2.24) is 5.16 Å². The van der Waals surface area contributed by atoms with E-state index in [-0.39, 0.29) is 19.0 Å². The van der Waals surface area contributed by atoms with Crippen LogP contribution < -0.4 is 5.32 Å². The monoisotopic (exact) mass is 470 g/mol. The number of benzene rings is 3. The first kappa shape index (κ1) is 23.8. The Balaban J connectivity index is 1.43. The first-order valence-corrected chi connectivity index (χ1v) is 11.3. The van der Waals surface area contributed by atoms with Gasteiger partial charge in [0.25, 0.3) is 0 Å². The van der Waals surface area contributed by atoms with Crippen molar-refractivity contribution in [3.05, 3.63) is 95.7 Å². The quantitative estimate of drug-likeness (QED) is 0.310. The minimum Gasteiger partial charge on any atom is -0.466 e. The van der Waals surface area contributed by atoms with Gasteiger partial charge in [0.2, 0.25) is 0 Å². The van der Waals surface area contributed by atoms with Crippen LogP contribution in [0.2, 0.25) is 0 Å². The highest BCUT2D eigenvalue weighted by atomic mass is 16.5. The van der Waals surface area contributed by atoms with E-state index in [0.717, 1.165) is 27.8 Å². The topological polar surface area (TPSA) is 90.7 Å². The van der Waals surface area contributed by atoms with Crippen molar-refractivity contribution in [1.29, 1.82) is 0 Å². The van der Waals surface area contributed by atoms with Crippen molar-refractivity contribution < 1.29 is 23.6 Å². The molecule has 0 unspecified atom stereocenters. The fraction of sp³-hybridized carbons (Fsp3) is 0.179. The molecule has 0 aliphatic rings. The lowest BCUT2D eigenvalue weighted by molar-refractivity contribution is -0.142. The van der Waals surface area contributed by atoms with E-state index in [4.69, 9.17) is 14.0 Å². The molecule has 3 aromatic carbocycles. The molecule has 0 aliphatic heterocycles. The summed E-state index contributed by atoms with van der Waals surface area (Å²) in [5.41, 5.74) is 5.61. The van der Waals surface area contributed by atoms with Crippen LogP contribution in [0, 0.1) is 6.92 Å². The lowest BCUT2D eigenvalue weighted by Crippen LogP contribution is -2.14. The number of amides is 1. The molecule has 4 aromatic rings. The molecule has 1 aromatic heterocycles. The van der Waals surface area contributed by atoms with Gasteiger partial charge >= 0.3 is 12.1 Å². The van der Waals surface area contributed by atoms with Crippen LogP contribution in [0.15, 0.2) is 83.4 Å². The van der Waals surface area contributed by atoms with Crippen molar-refractivity contribution in [2.45, 2.75) is 26.9 Å². The Hall–Kier alpha value is -4.39. The predicted octanol–water partition coefficient (Wildman–Crippen LogP) is 6.17. The van der Waals surface area contributed by atoms with Crippen LogP contribution in [0.25, 0.3) is 22.5 Å². The standard InChI is InChI=1S/C28H26N2O5/c1-3-33-25(31)17-20-9-11-22(12-10-20)23-13-15-24(16-14-23)27-26(19(2)30-35-27)29-28(32)34-18-21-7-5-4-6-8-21/h4-16H,3,17-18H2,1-2H3,(H,29,32). The molecule has 0 saturated heterocycles. The van der Waals surface area contributed by atoms with E-state index in [0.29, 0.717) is 23.7 Å². The van der Waals surface area contributed by atoms with Crippen LogP contribution in [-0.2, 0) is 27.3 Å². The normalized spacial score (nSPS) is 10.6. The molecule has 0 spiro atoms. The molecule has 7 heteroatoms. The van der Waals surface area contributed by atoms with Crippen LogP contribution in [0.4, 0.5) is 10.5 Å². The van der Waals surface area contributed by atoms with Crippen molar-refractivity contribution in [2.24, 2.45) is 0 Å². The molecule has 0 aliphatic carbocycles. The number of rotatable bonds is 8. The second kappa shape index (κ2) is 11.2. The zero-order valence-electron chi connectivity index (χ0n) is 19.6. The van der Waals surface area contributed by atoms with E-state index in [2.05, 4.69) is 10.5 Å². The van der Waals surface area contributed by atoms with E-state index >= 15 is 0 Å². The van der Waals surface area contributed by atoms with E-state index in [1.807, 2.05) is 78.9 Å². The van der Waals surface area contributed by atoms with Gasteiger partial charge in [0, 0.05) is 5.56 Å². The molecule has 0 fully saturated rings. The maximum atomic E-state index is 12.4. The third kappa shape index (κ3) is 6.14.